The van der Waals surface area contributed by atoms with Crippen LogP contribution in [0.5, 0.6) is 0 Å². The zero-order valence-corrected chi connectivity index (χ0v) is 15.1. The molecule has 0 spiro atoms. The molecule has 0 radical (unpaired) electrons. The third-order valence-electron chi connectivity index (χ3n) is 5.29. The molecule has 3 heterocycles. The van der Waals surface area contributed by atoms with Gasteiger partial charge in [-0.1, -0.05) is 6.07 Å². The van der Waals surface area contributed by atoms with Gasteiger partial charge in [0.2, 0.25) is 0 Å². The van der Waals surface area contributed by atoms with Crippen LogP contribution >= 0.6 is 0 Å². The normalized spacial score (nSPS) is 28.8. The summed E-state index contributed by atoms with van der Waals surface area (Å²) in [5.74, 6) is -2.18. The Morgan fingerprint density at radius 3 is 2.68 bits per heavy atom. The van der Waals surface area contributed by atoms with Crippen LogP contribution in [0.3, 0.4) is 0 Å². The topological polar surface area (TPSA) is 101 Å². The van der Waals surface area contributed by atoms with E-state index in [1.165, 1.54) is 19.3 Å². The Morgan fingerprint density at radius 1 is 1.21 bits per heavy atom. The number of rotatable bonds is 3. The first-order valence-electron chi connectivity index (χ1n) is 8.69. The van der Waals surface area contributed by atoms with Crippen molar-refractivity contribution in [2.24, 2.45) is 0 Å². The molecule has 1 saturated heterocycles. The molecular weight excluding hydrogens is 372 g/mol. The fourth-order valence-electron chi connectivity index (χ4n) is 3.60. The number of nitrogens with zero attached hydrogens (tertiary/aromatic N) is 3. The SMILES string of the molecule is Cc1ncnc2c1ccn2[C@@H]1O[C@H]([C@H](O)c2ccc(F)c(F)c2)[C@@](C)(O)[C@H]1O. The largest absolute Gasteiger partial charge is 0.386 e. The first kappa shape index (κ1) is 18.9. The van der Waals surface area contributed by atoms with Gasteiger partial charge < -0.3 is 24.6 Å². The lowest BCUT2D eigenvalue weighted by Gasteiger charge is -2.29. The molecule has 0 saturated carbocycles. The Balaban J connectivity index is 1.71. The summed E-state index contributed by atoms with van der Waals surface area (Å²) in [5.41, 5.74) is -0.614. The van der Waals surface area contributed by atoms with Gasteiger partial charge >= 0.3 is 0 Å². The van der Waals surface area contributed by atoms with E-state index in [9.17, 15) is 24.1 Å². The maximum Gasteiger partial charge on any atom is 0.164 e. The number of aliphatic hydroxyl groups is 3. The summed E-state index contributed by atoms with van der Waals surface area (Å²) >= 11 is 0. The first-order valence-corrected chi connectivity index (χ1v) is 8.69. The number of fused-ring (bicyclic) bond motifs is 1. The minimum absolute atomic E-state index is 0.0209. The number of hydrogen-bond donors (Lipinski definition) is 3. The Kier molecular flexibility index (Phi) is 4.42. The van der Waals surface area contributed by atoms with E-state index >= 15 is 0 Å². The number of hydrogen-bond acceptors (Lipinski definition) is 6. The number of ether oxygens (including phenoxy) is 1. The summed E-state index contributed by atoms with van der Waals surface area (Å²) in [7, 11) is 0. The van der Waals surface area contributed by atoms with Crippen LogP contribution in [0.1, 0.15) is 30.5 Å². The van der Waals surface area contributed by atoms with Crippen molar-refractivity contribution in [3.8, 4) is 0 Å². The quantitative estimate of drug-likeness (QED) is 0.629. The first-order chi connectivity index (χ1) is 13.2. The van der Waals surface area contributed by atoms with Gasteiger partial charge in [0.15, 0.2) is 17.9 Å². The van der Waals surface area contributed by atoms with Crippen molar-refractivity contribution < 1.29 is 28.8 Å². The fraction of sp³-hybridized carbons (Fsp3) is 0.368. The third-order valence-corrected chi connectivity index (χ3v) is 5.29. The molecule has 148 valence electrons. The predicted octanol–water partition coefficient (Wildman–Crippen LogP) is 1.76. The van der Waals surface area contributed by atoms with Gasteiger partial charge in [0.05, 0.1) is 5.69 Å². The molecule has 0 aliphatic carbocycles. The molecule has 7 nitrogen and oxygen atoms in total. The highest BCUT2D eigenvalue weighted by Gasteiger charge is 2.55. The van der Waals surface area contributed by atoms with Gasteiger partial charge in [-0.2, -0.15) is 0 Å². The van der Waals surface area contributed by atoms with E-state index in [4.69, 9.17) is 4.74 Å². The Morgan fingerprint density at radius 2 is 1.96 bits per heavy atom. The lowest BCUT2D eigenvalue weighted by atomic mass is 9.88. The minimum Gasteiger partial charge on any atom is -0.386 e. The number of aryl methyl sites for hydroxylation is 1. The number of benzene rings is 1. The average molecular weight is 391 g/mol. The van der Waals surface area contributed by atoms with E-state index in [2.05, 4.69) is 9.97 Å². The van der Waals surface area contributed by atoms with Crippen molar-refractivity contribution in [3.05, 3.63) is 59.7 Å². The van der Waals surface area contributed by atoms with Crippen LogP contribution in [0.15, 0.2) is 36.8 Å². The second kappa shape index (κ2) is 6.56. The fourth-order valence-corrected chi connectivity index (χ4v) is 3.60. The Bertz CT molecular complexity index is 1040. The van der Waals surface area contributed by atoms with Gasteiger partial charge in [0.25, 0.3) is 0 Å². The average Bonchev–Trinajstić information content (AvgIpc) is 3.17. The maximum absolute atomic E-state index is 13.6. The Labute approximate surface area is 158 Å². The minimum atomic E-state index is -1.87. The van der Waals surface area contributed by atoms with Crippen LogP contribution in [-0.2, 0) is 4.74 Å². The smallest absolute Gasteiger partial charge is 0.164 e. The summed E-state index contributed by atoms with van der Waals surface area (Å²) < 4.78 is 34.1. The molecule has 4 rings (SSSR count). The van der Waals surface area contributed by atoms with E-state index in [0.717, 1.165) is 23.2 Å². The number of aliphatic hydroxyl groups excluding tert-OH is 2. The zero-order valence-electron chi connectivity index (χ0n) is 15.1. The number of halogens is 2. The summed E-state index contributed by atoms with van der Waals surface area (Å²) in [5, 5.41) is 32.9. The van der Waals surface area contributed by atoms with E-state index < -0.39 is 41.8 Å². The molecule has 3 N–H and O–H groups in total. The molecule has 3 aromatic rings. The molecule has 0 bridgehead atoms. The third kappa shape index (κ3) is 2.78. The second-order valence-corrected chi connectivity index (χ2v) is 7.16. The van der Waals surface area contributed by atoms with Gasteiger partial charge in [0, 0.05) is 11.6 Å². The monoisotopic (exact) mass is 391 g/mol. The lowest BCUT2D eigenvalue weighted by molar-refractivity contribution is -0.115. The predicted molar refractivity (Wildman–Crippen MR) is 94.1 cm³/mol. The molecule has 1 aromatic carbocycles. The molecule has 1 aliphatic rings. The van der Waals surface area contributed by atoms with Crippen LogP contribution in [0.4, 0.5) is 8.78 Å². The molecule has 0 amide bonds. The summed E-state index contributed by atoms with van der Waals surface area (Å²) in [4.78, 5) is 8.31. The van der Waals surface area contributed by atoms with Gasteiger partial charge in [-0.3, -0.25) is 0 Å². The molecular formula is C19H19F2N3O4. The van der Waals surface area contributed by atoms with Crippen molar-refractivity contribution in [3.63, 3.8) is 0 Å². The zero-order chi connectivity index (χ0) is 20.2. The van der Waals surface area contributed by atoms with Crippen LogP contribution in [0.25, 0.3) is 11.0 Å². The molecule has 2 aromatic heterocycles. The standard InChI is InChI=1S/C19H19F2N3O4/c1-9-11-5-6-24(17(11)23-8-22-9)18-15(26)19(2,27)16(28-18)14(25)10-3-4-12(20)13(21)7-10/h3-8,14-16,18,25-27H,1-2H3/t14-,15+,16-,18-,19+/m1/s1. The van der Waals surface area contributed by atoms with Gasteiger partial charge in [-0.15, -0.1) is 0 Å². The summed E-state index contributed by atoms with van der Waals surface area (Å²) in [6.07, 6.45) is -2.24. The van der Waals surface area contributed by atoms with E-state index in [1.807, 2.05) is 6.92 Å². The van der Waals surface area contributed by atoms with Gasteiger partial charge in [0.1, 0.15) is 35.9 Å². The van der Waals surface area contributed by atoms with E-state index in [1.54, 1.807) is 16.8 Å². The van der Waals surface area contributed by atoms with E-state index in [0.29, 0.717) is 5.65 Å². The maximum atomic E-state index is 13.6. The highest BCUT2D eigenvalue weighted by molar-refractivity contribution is 5.78. The van der Waals surface area contributed by atoms with Crippen LogP contribution < -0.4 is 0 Å². The Hall–Kier alpha value is -2.46. The van der Waals surface area contributed by atoms with Crippen molar-refractivity contribution in [2.75, 3.05) is 0 Å². The molecule has 9 heteroatoms. The van der Waals surface area contributed by atoms with Gasteiger partial charge in [-0.25, -0.2) is 18.7 Å². The summed E-state index contributed by atoms with van der Waals surface area (Å²) in [6, 6.07) is 4.67. The second-order valence-electron chi connectivity index (χ2n) is 7.16. The van der Waals surface area contributed by atoms with Crippen molar-refractivity contribution >= 4 is 11.0 Å². The summed E-state index contributed by atoms with van der Waals surface area (Å²) in [6.45, 7) is 3.13. The molecule has 0 unspecified atom stereocenters. The highest BCUT2D eigenvalue weighted by Crippen LogP contribution is 2.43. The number of aromatic nitrogens is 3. The van der Waals surface area contributed by atoms with Crippen LogP contribution in [0.2, 0.25) is 0 Å². The van der Waals surface area contributed by atoms with Crippen LogP contribution in [-0.4, -0.2) is 47.7 Å². The molecule has 5 atom stereocenters. The van der Waals surface area contributed by atoms with Crippen molar-refractivity contribution in [1.29, 1.82) is 0 Å². The highest BCUT2D eigenvalue weighted by atomic mass is 19.2. The van der Waals surface area contributed by atoms with E-state index in [-0.39, 0.29) is 5.56 Å². The lowest BCUT2D eigenvalue weighted by Crippen LogP contribution is -2.47. The van der Waals surface area contributed by atoms with Crippen molar-refractivity contribution in [2.45, 2.75) is 44.0 Å². The van der Waals surface area contributed by atoms with Crippen LogP contribution in [0, 0.1) is 18.6 Å². The van der Waals surface area contributed by atoms with Gasteiger partial charge in [-0.05, 0) is 37.6 Å². The molecule has 28 heavy (non-hydrogen) atoms. The molecule has 1 fully saturated rings. The van der Waals surface area contributed by atoms with Crippen molar-refractivity contribution in [1.82, 2.24) is 14.5 Å². The molecule has 1 aliphatic heterocycles.